The molecule has 1 aliphatic carbocycles. The predicted octanol–water partition coefficient (Wildman–Crippen LogP) is 5.71. The number of pyridine rings is 1. The molecule has 3 aromatic rings. The number of hydrogen-bond acceptors (Lipinski definition) is 3. The van der Waals surface area contributed by atoms with Gasteiger partial charge in [-0.2, -0.15) is 13.2 Å². The van der Waals surface area contributed by atoms with Crippen LogP contribution in [-0.2, 0) is 6.18 Å². The molecule has 0 atom stereocenters. The number of nitrogens with zero attached hydrogens (tertiary/aromatic N) is 2. The van der Waals surface area contributed by atoms with E-state index in [0.29, 0.717) is 42.8 Å². The van der Waals surface area contributed by atoms with Gasteiger partial charge >= 0.3 is 6.18 Å². The molecule has 1 saturated carbocycles. The van der Waals surface area contributed by atoms with E-state index >= 15 is 0 Å². The smallest absolute Gasteiger partial charge is 0.371 e. The van der Waals surface area contributed by atoms with Crippen LogP contribution in [0.3, 0.4) is 0 Å². The minimum atomic E-state index is -4.56. The van der Waals surface area contributed by atoms with Gasteiger partial charge in [-0.1, -0.05) is 18.2 Å². The summed E-state index contributed by atoms with van der Waals surface area (Å²) in [7, 11) is 1.76. The monoisotopic (exact) mass is 463 g/mol. The molecule has 2 aromatic carbocycles. The lowest BCUT2D eigenvalue weighted by atomic mass is 9.89. The summed E-state index contributed by atoms with van der Waals surface area (Å²) >= 11 is 0. The summed E-state index contributed by atoms with van der Waals surface area (Å²) in [5.74, 6) is -2.21. The number of halogens is 5. The van der Waals surface area contributed by atoms with Gasteiger partial charge in [0.15, 0.2) is 0 Å². The normalized spacial score (nSPS) is 18.8. The second kappa shape index (κ2) is 8.96. The Bertz CT molecular complexity index is 1150. The molecule has 1 aromatic heterocycles. The highest BCUT2D eigenvalue weighted by Gasteiger charge is 2.34. The summed E-state index contributed by atoms with van der Waals surface area (Å²) in [6.45, 7) is 0. The number of alkyl halides is 3. The van der Waals surface area contributed by atoms with Crippen molar-refractivity contribution in [1.82, 2.24) is 10.3 Å². The molecule has 0 aliphatic heterocycles. The van der Waals surface area contributed by atoms with Crippen molar-refractivity contribution in [2.75, 3.05) is 11.9 Å². The van der Waals surface area contributed by atoms with Gasteiger partial charge in [0.05, 0.1) is 5.52 Å². The van der Waals surface area contributed by atoms with Crippen LogP contribution in [0.15, 0.2) is 48.5 Å². The molecule has 174 valence electrons. The first kappa shape index (κ1) is 22.9. The van der Waals surface area contributed by atoms with Gasteiger partial charge in [-0.05, 0) is 49.9 Å². The summed E-state index contributed by atoms with van der Waals surface area (Å²) in [5, 5.41) is 3.43. The zero-order valence-electron chi connectivity index (χ0n) is 17.8. The highest BCUT2D eigenvalue weighted by atomic mass is 19.4. The van der Waals surface area contributed by atoms with Crippen molar-refractivity contribution >= 4 is 22.5 Å². The van der Waals surface area contributed by atoms with Gasteiger partial charge in [-0.25, -0.2) is 13.8 Å². The number of benzene rings is 2. The fourth-order valence-electron chi connectivity index (χ4n) is 4.35. The lowest BCUT2D eigenvalue weighted by Gasteiger charge is -2.37. The molecular weight excluding hydrogens is 441 g/mol. The Labute approximate surface area is 187 Å². The topological polar surface area (TPSA) is 45.2 Å². The Kier molecular flexibility index (Phi) is 6.23. The number of fused-ring (bicyclic) bond motifs is 1. The average Bonchev–Trinajstić information content (AvgIpc) is 2.77. The van der Waals surface area contributed by atoms with E-state index in [-0.39, 0.29) is 23.2 Å². The van der Waals surface area contributed by atoms with Crippen LogP contribution in [-0.4, -0.2) is 30.0 Å². The van der Waals surface area contributed by atoms with E-state index in [0.717, 1.165) is 18.2 Å². The van der Waals surface area contributed by atoms with Gasteiger partial charge in [0.2, 0.25) is 0 Å². The van der Waals surface area contributed by atoms with Gasteiger partial charge in [0.1, 0.15) is 17.3 Å². The first-order valence-electron chi connectivity index (χ1n) is 10.6. The van der Waals surface area contributed by atoms with E-state index in [1.54, 1.807) is 31.3 Å². The maximum atomic E-state index is 13.4. The number of anilines is 1. The number of carbonyl (C=O) groups is 1. The number of aromatic nitrogens is 1. The molecule has 0 radical (unpaired) electrons. The zero-order chi connectivity index (χ0) is 23.8. The summed E-state index contributed by atoms with van der Waals surface area (Å²) in [4.78, 5) is 18.0. The Morgan fingerprint density at radius 3 is 2.27 bits per heavy atom. The summed E-state index contributed by atoms with van der Waals surface area (Å²) in [5.41, 5.74) is -0.297. The number of rotatable bonds is 4. The van der Waals surface area contributed by atoms with Crippen LogP contribution in [0.25, 0.3) is 10.9 Å². The second-order valence-corrected chi connectivity index (χ2v) is 8.29. The molecule has 1 heterocycles. The maximum Gasteiger partial charge on any atom is 0.433 e. The third-order valence-electron chi connectivity index (χ3n) is 6.07. The Morgan fingerprint density at radius 1 is 1.00 bits per heavy atom. The highest BCUT2D eigenvalue weighted by molar-refractivity contribution is 5.94. The van der Waals surface area contributed by atoms with E-state index < -0.39 is 29.4 Å². The van der Waals surface area contributed by atoms with Crippen LogP contribution in [0.2, 0.25) is 0 Å². The van der Waals surface area contributed by atoms with E-state index in [2.05, 4.69) is 10.3 Å². The fraction of sp³-hybridized carbons (Fsp3) is 0.333. The van der Waals surface area contributed by atoms with E-state index in [1.807, 2.05) is 4.90 Å². The standard InChI is InChI=1S/C24H22F5N3O/c1-32(21-13-22(24(27,28)29)31-20-5-3-2-4-19(20)21)18-8-6-17(7-9-18)30-23(33)14-10-15(25)12-16(26)11-14/h2-5,10-13,17-18H,6-9H2,1H3,(H,30,33)/t17-,18+. The third-order valence-corrected chi connectivity index (χ3v) is 6.07. The molecule has 4 nitrogen and oxygen atoms in total. The minimum Gasteiger partial charge on any atom is -0.371 e. The number of para-hydroxylation sites is 1. The zero-order valence-corrected chi connectivity index (χ0v) is 17.8. The predicted molar refractivity (Wildman–Crippen MR) is 115 cm³/mol. The number of carbonyl (C=O) groups excluding carboxylic acids is 1. The number of amides is 1. The van der Waals surface area contributed by atoms with Crippen molar-refractivity contribution in [1.29, 1.82) is 0 Å². The largest absolute Gasteiger partial charge is 0.433 e. The lowest BCUT2D eigenvalue weighted by Crippen LogP contribution is -2.43. The second-order valence-electron chi connectivity index (χ2n) is 8.29. The van der Waals surface area contributed by atoms with Gasteiger partial charge in [0, 0.05) is 41.8 Å². The van der Waals surface area contributed by atoms with Crippen LogP contribution in [0, 0.1) is 11.6 Å². The van der Waals surface area contributed by atoms with Crippen molar-refractivity contribution in [2.45, 2.75) is 43.9 Å². The lowest BCUT2D eigenvalue weighted by molar-refractivity contribution is -0.140. The molecule has 0 unspecified atom stereocenters. The molecule has 1 aliphatic rings. The van der Waals surface area contributed by atoms with Crippen molar-refractivity contribution in [3.63, 3.8) is 0 Å². The van der Waals surface area contributed by atoms with Crippen LogP contribution < -0.4 is 10.2 Å². The Hall–Kier alpha value is -3.23. The van der Waals surface area contributed by atoms with E-state index in [1.165, 1.54) is 0 Å². The first-order valence-corrected chi connectivity index (χ1v) is 10.6. The summed E-state index contributed by atoms with van der Waals surface area (Å²) in [6, 6.07) is 10.2. The molecule has 0 saturated heterocycles. The first-order chi connectivity index (χ1) is 15.6. The highest BCUT2D eigenvalue weighted by Crippen LogP contribution is 2.36. The maximum absolute atomic E-state index is 13.4. The number of hydrogen-bond donors (Lipinski definition) is 1. The molecule has 0 bridgehead atoms. The van der Waals surface area contributed by atoms with Crippen LogP contribution in [0.4, 0.5) is 27.6 Å². The van der Waals surface area contributed by atoms with Crippen LogP contribution in [0.5, 0.6) is 0 Å². The van der Waals surface area contributed by atoms with Crippen LogP contribution in [0.1, 0.15) is 41.7 Å². The van der Waals surface area contributed by atoms with Gasteiger partial charge in [-0.15, -0.1) is 0 Å². The van der Waals surface area contributed by atoms with Crippen molar-refractivity contribution < 1.29 is 26.7 Å². The van der Waals surface area contributed by atoms with Gasteiger partial charge < -0.3 is 10.2 Å². The molecule has 4 rings (SSSR count). The molecule has 9 heteroatoms. The SMILES string of the molecule is CN(c1cc(C(F)(F)F)nc2ccccc12)[C@H]1CC[C@@H](NC(=O)c2cc(F)cc(F)c2)CC1. The molecule has 1 fully saturated rings. The van der Waals surface area contributed by atoms with E-state index in [9.17, 15) is 26.7 Å². The summed E-state index contributed by atoms with van der Waals surface area (Å²) < 4.78 is 66.9. The van der Waals surface area contributed by atoms with Crippen LogP contribution >= 0.6 is 0 Å². The molecule has 1 amide bonds. The Morgan fingerprint density at radius 2 is 1.64 bits per heavy atom. The quantitative estimate of drug-likeness (QED) is 0.504. The fourth-order valence-corrected chi connectivity index (χ4v) is 4.35. The van der Waals surface area contributed by atoms with Crippen molar-refractivity contribution in [2.24, 2.45) is 0 Å². The van der Waals surface area contributed by atoms with Crippen molar-refractivity contribution in [3.05, 3.63) is 71.4 Å². The minimum absolute atomic E-state index is 0.0309. The van der Waals surface area contributed by atoms with Gasteiger partial charge in [0.25, 0.3) is 5.91 Å². The number of nitrogens with one attached hydrogen (secondary N) is 1. The Balaban J connectivity index is 1.47. The molecule has 0 spiro atoms. The average molecular weight is 463 g/mol. The van der Waals surface area contributed by atoms with Crippen molar-refractivity contribution in [3.8, 4) is 0 Å². The third kappa shape index (κ3) is 5.07. The summed E-state index contributed by atoms with van der Waals surface area (Å²) in [6.07, 6.45) is -2.10. The van der Waals surface area contributed by atoms with Gasteiger partial charge in [-0.3, -0.25) is 4.79 Å². The van der Waals surface area contributed by atoms with E-state index in [4.69, 9.17) is 0 Å². The molecular formula is C24H22F5N3O. The molecule has 1 N–H and O–H groups in total. The molecule has 33 heavy (non-hydrogen) atoms.